The predicted octanol–water partition coefficient (Wildman–Crippen LogP) is 4.24. The van der Waals surface area contributed by atoms with Gasteiger partial charge in [-0.3, -0.25) is 4.79 Å². The summed E-state index contributed by atoms with van der Waals surface area (Å²) in [7, 11) is -3.76. The summed E-state index contributed by atoms with van der Waals surface area (Å²) in [6.45, 7) is 1.24. The maximum atomic E-state index is 12.9. The average molecular weight is 477 g/mol. The molecule has 1 saturated heterocycles. The lowest BCUT2D eigenvalue weighted by Gasteiger charge is -2.26. The summed E-state index contributed by atoms with van der Waals surface area (Å²) in [5.74, 6) is -0.0258. The van der Waals surface area contributed by atoms with Crippen LogP contribution < -0.4 is 5.32 Å². The molecule has 0 bridgehead atoms. The molecule has 0 saturated carbocycles. The highest BCUT2D eigenvalue weighted by molar-refractivity contribution is 8.00. The van der Waals surface area contributed by atoms with Crippen molar-refractivity contribution in [2.24, 2.45) is 0 Å². The first-order chi connectivity index (χ1) is 14.9. The van der Waals surface area contributed by atoms with E-state index in [0.717, 1.165) is 15.7 Å². The van der Waals surface area contributed by atoms with Gasteiger partial charge < -0.3 is 10.1 Å². The van der Waals surface area contributed by atoms with E-state index in [1.54, 1.807) is 6.07 Å². The zero-order chi connectivity index (χ0) is 21.8. The van der Waals surface area contributed by atoms with Gasteiger partial charge in [-0.15, -0.1) is 11.8 Å². The van der Waals surface area contributed by atoms with E-state index in [1.807, 2.05) is 42.5 Å². The number of amides is 1. The van der Waals surface area contributed by atoms with E-state index in [9.17, 15) is 13.2 Å². The Balaban J connectivity index is 1.43. The molecule has 4 rings (SSSR count). The Labute approximate surface area is 190 Å². The average Bonchev–Trinajstić information content (AvgIpc) is 2.79. The minimum absolute atomic E-state index is 0.0175. The molecule has 162 valence electrons. The predicted molar refractivity (Wildman–Crippen MR) is 124 cm³/mol. The van der Waals surface area contributed by atoms with Crippen LogP contribution in [0.1, 0.15) is 0 Å². The van der Waals surface area contributed by atoms with E-state index in [1.165, 1.54) is 28.2 Å². The highest BCUT2D eigenvalue weighted by atomic mass is 35.5. The number of hydrogen-bond acceptors (Lipinski definition) is 5. The molecule has 1 aliphatic rings. The molecule has 1 aliphatic heterocycles. The second kappa shape index (κ2) is 9.58. The van der Waals surface area contributed by atoms with E-state index in [2.05, 4.69) is 5.32 Å². The van der Waals surface area contributed by atoms with Crippen LogP contribution in [-0.2, 0) is 19.6 Å². The van der Waals surface area contributed by atoms with Crippen molar-refractivity contribution >= 4 is 55.8 Å². The van der Waals surface area contributed by atoms with E-state index >= 15 is 0 Å². The van der Waals surface area contributed by atoms with Gasteiger partial charge in [0.25, 0.3) is 0 Å². The van der Waals surface area contributed by atoms with Gasteiger partial charge in [-0.2, -0.15) is 4.31 Å². The number of halogens is 1. The molecular formula is C22H21ClN2O4S2. The molecule has 1 amide bonds. The van der Waals surface area contributed by atoms with Crippen LogP contribution in [0.3, 0.4) is 0 Å². The number of sulfonamides is 1. The SMILES string of the molecule is O=C(CSc1ccc2ccccc2c1)Nc1ccc(Cl)c(S(=O)(=O)N2CCOCC2)c1. The molecule has 0 radical (unpaired) electrons. The van der Waals surface area contributed by atoms with Crippen molar-refractivity contribution in [3.63, 3.8) is 0 Å². The lowest BCUT2D eigenvalue weighted by molar-refractivity contribution is -0.113. The van der Waals surface area contributed by atoms with Crippen LogP contribution in [0, 0.1) is 0 Å². The topological polar surface area (TPSA) is 75.7 Å². The number of nitrogens with one attached hydrogen (secondary N) is 1. The van der Waals surface area contributed by atoms with Crippen molar-refractivity contribution in [3.8, 4) is 0 Å². The fourth-order valence-electron chi connectivity index (χ4n) is 3.31. The van der Waals surface area contributed by atoms with Crippen molar-refractivity contribution < 1.29 is 17.9 Å². The number of fused-ring (bicyclic) bond motifs is 1. The van der Waals surface area contributed by atoms with Gasteiger partial charge in [0, 0.05) is 23.7 Å². The van der Waals surface area contributed by atoms with Gasteiger partial charge in [0.2, 0.25) is 15.9 Å². The molecule has 9 heteroatoms. The third-order valence-corrected chi connectivity index (χ3v) is 8.27. The summed E-state index contributed by atoms with van der Waals surface area (Å²) in [5.41, 5.74) is 0.389. The highest BCUT2D eigenvalue weighted by Gasteiger charge is 2.28. The molecule has 6 nitrogen and oxygen atoms in total. The zero-order valence-electron chi connectivity index (χ0n) is 16.6. The van der Waals surface area contributed by atoms with Crippen LogP contribution in [0.5, 0.6) is 0 Å². The quantitative estimate of drug-likeness (QED) is 0.538. The Kier molecular flexibility index (Phi) is 6.83. The van der Waals surface area contributed by atoms with Crippen LogP contribution in [0.2, 0.25) is 5.02 Å². The third-order valence-electron chi connectivity index (χ3n) is 4.89. The van der Waals surface area contributed by atoms with Gasteiger partial charge in [-0.1, -0.05) is 41.9 Å². The first kappa shape index (κ1) is 22.1. The van der Waals surface area contributed by atoms with Gasteiger partial charge >= 0.3 is 0 Å². The van der Waals surface area contributed by atoms with Crippen molar-refractivity contribution in [2.45, 2.75) is 9.79 Å². The summed E-state index contributed by atoms with van der Waals surface area (Å²) < 4.78 is 32.4. The first-order valence-corrected chi connectivity index (χ1v) is 12.5. The number of morpholine rings is 1. The summed E-state index contributed by atoms with van der Waals surface area (Å²) in [5, 5.41) is 5.15. The maximum Gasteiger partial charge on any atom is 0.244 e. The lowest BCUT2D eigenvalue weighted by atomic mass is 10.1. The fourth-order valence-corrected chi connectivity index (χ4v) is 5.96. The number of ether oxygens (including phenoxy) is 1. The molecule has 1 N–H and O–H groups in total. The number of thioether (sulfide) groups is 1. The summed E-state index contributed by atoms with van der Waals surface area (Å²) in [4.78, 5) is 13.4. The van der Waals surface area contributed by atoms with Crippen molar-refractivity contribution in [1.82, 2.24) is 4.31 Å². The van der Waals surface area contributed by atoms with Gasteiger partial charge in [-0.25, -0.2) is 8.42 Å². The van der Waals surface area contributed by atoms with E-state index in [0.29, 0.717) is 18.9 Å². The van der Waals surface area contributed by atoms with Crippen molar-refractivity contribution in [1.29, 1.82) is 0 Å². The van der Waals surface area contributed by atoms with Crippen molar-refractivity contribution in [3.05, 3.63) is 65.7 Å². The molecule has 0 aromatic heterocycles. The Morgan fingerprint density at radius 3 is 2.55 bits per heavy atom. The van der Waals surface area contributed by atoms with Crippen LogP contribution in [0.25, 0.3) is 10.8 Å². The first-order valence-electron chi connectivity index (χ1n) is 9.72. The molecule has 31 heavy (non-hydrogen) atoms. The van der Waals surface area contributed by atoms with Crippen LogP contribution in [-0.4, -0.2) is 50.7 Å². The lowest BCUT2D eigenvalue weighted by Crippen LogP contribution is -2.40. The zero-order valence-corrected chi connectivity index (χ0v) is 19.0. The molecular weight excluding hydrogens is 456 g/mol. The summed E-state index contributed by atoms with van der Waals surface area (Å²) >= 11 is 7.59. The molecule has 0 unspecified atom stereocenters. The smallest absolute Gasteiger partial charge is 0.244 e. The molecule has 3 aromatic carbocycles. The minimum atomic E-state index is -3.76. The number of hydrogen-bond donors (Lipinski definition) is 1. The third kappa shape index (κ3) is 5.22. The normalized spacial score (nSPS) is 15.1. The monoisotopic (exact) mass is 476 g/mol. The van der Waals surface area contributed by atoms with Gasteiger partial charge in [0.1, 0.15) is 4.90 Å². The van der Waals surface area contributed by atoms with Gasteiger partial charge in [0.15, 0.2) is 0 Å². The van der Waals surface area contributed by atoms with E-state index in [-0.39, 0.29) is 34.7 Å². The number of carbonyl (C=O) groups is 1. The summed E-state index contributed by atoms with van der Waals surface area (Å²) in [6.07, 6.45) is 0. The number of nitrogens with zero attached hydrogens (tertiary/aromatic N) is 1. The van der Waals surface area contributed by atoms with Gasteiger partial charge in [-0.05, 0) is 41.1 Å². The van der Waals surface area contributed by atoms with Crippen LogP contribution in [0.4, 0.5) is 5.69 Å². The van der Waals surface area contributed by atoms with E-state index in [4.69, 9.17) is 16.3 Å². The Morgan fingerprint density at radius 1 is 1.03 bits per heavy atom. The van der Waals surface area contributed by atoms with Gasteiger partial charge in [0.05, 0.1) is 24.0 Å². The fraction of sp³-hybridized carbons (Fsp3) is 0.227. The Bertz CT molecular complexity index is 1210. The number of anilines is 1. The molecule has 1 fully saturated rings. The Hall–Kier alpha value is -2.10. The number of carbonyl (C=O) groups excluding carboxylic acids is 1. The molecule has 0 atom stereocenters. The summed E-state index contributed by atoms with van der Waals surface area (Å²) in [6, 6.07) is 18.6. The second-order valence-electron chi connectivity index (χ2n) is 7.01. The molecule has 0 aliphatic carbocycles. The minimum Gasteiger partial charge on any atom is -0.379 e. The second-order valence-corrected chi connectivity index (χ2v) is 10.4. The largest absolute Gasteiger partial charge is 0.379 e. The van der Waals surface area contributed by atoms with Crippen LogP contribution >= 0.6 is 23.4 Å². The number of rotatable bonds is 6. The Morgan fingerprint density at radius 2 is 1.77 bits per heavy atom. The molecule has 1 heterocycles. The maximum absolute atomic E-state index is 12.9. The molecule has 3 aromatic rings. The van der Waals surface area contributed by atoms with Crippen molar-refractivity contribution in [2.75, 3.05) is 37.4 Å². The molecule has 0 spiro atoms. The highest BCUT2D eigenvalue weighted by Crippen LogP contribution is 2.29. The standard InChI is InChI=1S/C22H21ClN2O4S2/c23-20-8-6-18(14-21(20)31(27,28)25-9-11-29-12-10-25)24-22(26)15-30-19-7-5-16-3-1-2-4-17(16)13-19/h1-8,13-14H,9-12,15H2,(H,24,26). The van der Waals surface area contributed by atoms with E-state index < -0.39 is 10.0 Å². The van der Waals surface area contributed by atoms with Crippen LogP contribution in [0.15, 0.2) is 70.5 Å². The number of benzene rings is 3.